The van der Waals surface area contributed by atoms with Gasteiger partial charge in [0.25, 0.3) is 0 Å². The van der Waals surface area contributed by atoms with Crippen LogP contribution >= 0.6 is 0 Å². The fourth-order valence-corrected chi connectivity index (χ4v) is 1.41. The van der Waals surface area contributed by atoms with Crippen LogP contribution in [0.2, 0.25) is 0 Å². The Morgan fingerprint density at radius 1 is 1.29 bits per heavy atom. The number of nitrogen functional groups attached to an aromatic ring is 1. The van der Waals surface area contributed by atoms with Crippen LogP contribution in [-0.2, 0) is 7.05 Å². The standard InChI is InChI=1S/C10H15N7/c1-3-12-8-6-9(15-10(11)14-8)13-7-4-5-17(2)16-7/h4-6H,3H2,1-2H3,(H4,11,12,13,14,15,16). The number of nitrogens with two attached hydrogens (primary N) is 1. The topological polar surface area (TPSA) is 93.7 Å². The van der Waals surface area contributed by atoms with Gasteiger partial charge in [0.1, 0.15) is 11.6 Å². The van der Waals surface area contributed by atoms with E-state index in [4.69, 9.17) is 5.73 Å². The molecule has 0 amide bonds. The fraction of sp³-hybridized carbons (Fsp3) is 0.300. The highest BCUT2D eigenvalue weighted by Gasteiger charge is 2.03. The van der Waals surface area contributed by atoms with Gasteiger partial charge in [0.2, 0.25) is 5.95 Å². The van der Waals surface area contributed by atoms with E-state index in [-0.39, 0.29) is 5.95 Å². The number of aryl methyl sites for hydroxylation is 1. The molecule has 0 spiro atoms. The molecule has 2 rings (SSSR count). The number of anilines is 4. The van der Waals surface area contributed by atoms with Crippen molar-refractivity contribution < 1.29 is 0 Å². The molecule has 0 saturated carbocycles. The lowest BCUT2D eigenvalue weighted by atomic mass is 10.5. The maximum Gasteiger partial charge on any atom is 0.223 e. The van der Waals surface area contributed by atoms with E-state index >= 15 is 0 Å². The summed E-state index contributed by atoms with van der Waals surface area (Å²) in [6, 6.07) is 3.64. The molecule has 0 saturated heterocycles. The zero-order valence-electron chi connectivity index (χ0n) is 9.81. The van der Waals surface area contributed by atoms with Gasteiger partial charge in [-0.05, 0) is 6.92 Å². The summed E-state index contributed by atoms with van der Waals surface area (Å²) in [5, 5.41) is 10.3. The zero-order chi connectivity index (χ0) is 12.3. The van der Waals surface area contributed by atoms with Gasteiger partial charge < -0.3 is 16.4 Å². The number of aromatic nitrogens is 4. The van der Waals surface area contributed by atoms with Crippen molar-refractivity contribution >= 4 is 23.4 Å². The third-order valence-electron chi connectivity index (χ3n) is 2.07. The van der Waals surface area contributed by atoms with E-state index in [2.05, 4.69) is 25.7 Å². The Morgan fingerprint density at radius 2 is 2.06 bits per heavy atom. The van der Waals surface area contributed by atoms with Crippen molar-refractivity contribution in [2.75, 3.05) is 22.9 Å². The van der Waals surface area contributed by atoms with Crippen LogP contribution in [0.25, 0.3) is 0 Å². The van der Waals surface area contributed by atoms with Crippen molar-refractivity contribution in [1.29, 1.82) is 0 Å². The van der Waals surface area contributed by atoms with E-state index in [1.165, 1.54) is 0 Å². The number of rotatable bonds is 4. The Bertz CT molecular complexity index is 505. The van der Waals surface area contributed by atoms with Gasteiger partial charge in [0.15, 0.2) is 5.82 Å². The first-order chi connectivity index (χ1) is 8.17. The second-order valence-electron chi connectivity index (χ2n) is 3.53. The molecule has 4 N–H and O–H groups in total. The summed E-state index contributed by atoms with van der Waals surface area (Å²) in [4.78, 5) is 8.15. The minimum absolute atomic E-state index is 0.224. The molecular formula is C10H15N7. The van der Waals surface area contributed by atoms with Gasteiger partial charge >= 0.3 is 0 Å². The molecule has 0 fully saturated rings. The van der Waals surface area contributed by atoms with Crippen LogP contribution in [0.3, 0.4) is 0 Å². The lowest BCUT2D eigenvalue weighted by Crippen LogP contribution is -2.05. The van der Waals surface area contributed by atoms with Crippen LogP contribution in [0.15, 0.2) is 18.3 Å². The van der Waals surface area contributed by atoms with E-state index in [0.29, 0.717) is 17.5 Å². The molecule has 0 bridgehead atoms. The van der Waals surface area contributed by atoms with Crippen molar-refractivity contribution in [3.05, 3.63) is 18.3 Å². The third-order valence-corrected chi connectivity index (χ3v) is 2.07. The molecule has 0 radical (unpaired) electrons. The molecule has 7 nitrogen and oxygen atoms in total. The van der Waals surface area contributed by atoms with E-state index < -0.39 is 0 Å². The average Bonchev–Trinajstić information content (AvgIpc) is 2.63. The minimum atomic E-state index is 0.224. The van der Waals surface area contributed by atoms with Gasteiger partial charge in [0.05, 0.1) is 0 Å². The Labute approximate surface area is 99.1 Å². The van der Waals surface area contributed by atoms with Crippen molar-refractivity contribution in [3.63, 3.8) is 0 Å². The Kier molecular flexibility index (Phi) is 3.08. The van der Waals surface area contributed by atoms with Gasteiger partial charge in [0, 0.05) is 31.9 Å². The first-order valence-corrected chi connectivity index (χ1v) is 5.32. The molecular weight excluding hydrogens is 218 g/mol. The molecule has 7 heteroatoms. The number of nitrogens with one attached hydrogen (secondary N) is 2. The first kappa shape index (κ1) is 11.2. The number of hydrogen-bond donors (Lipinski definition) is 3. The molecule has 90 valence electrons. The van der Waals surface area contributed by atoms with Crippen molar-refractivity contribution in [2.24, 2.45) is 7.05 Å². The first-order valence-electron chi connectivity index (χ1n) is 5.32. The van der Waals surface area contributed by atoms with Crippen molar-refractivity contribution in [2.45, 2.75) is 6.92 Å². The Balaban J connectivity index is 2.20. The van der Waals surface area contributed by atoms with Crippen molar-refractivity contribution in [1.82, 2.24) is 19.7 Å². The summed E-state index contributed by atoms with van der Waals surface area (Å²) in [7, 11) is 1.85. The monoisotopic (exact) mass is 233 g/mol. The largest absolute Gasteiger partial charge is 0.370 e. The second-order valence-corrected chi connectivity index (χ2v) is 3.53. The van der Waals surface area contributed by atoms with Crippen LogP contribution in [0.4, 0.5) is 23.4 Å². The van der Waals surface area contributed by atoms with Crippen molar-refractivity contribution in [3.8, 4) is 0 Å². The highest BCUT2D eigenvalue weighted by atomic mass is 15.3. The fourth-order valence-electron chi connectivity index (χ4n) is 1.41. The lowest BCUT2D eigenvalue weighted by Gasteiger charge is -2.06. The van der Waals surface area contributed by atoms with Gasteiger partial charge in [-0.2, -0.15) is 15.1 Å². The maximum absolute atomic E-state index is 5.62. The summed E-state index contributed by atoms with van der Waals surface area (Å²) >= 11 is 0. The van der Waals surface area contributed by atoms with E-state index in [0.717, 1.165) is 6.54 Å². The molecule has 2 aromatic rings. The summed E-state index contributed by atoms with van der Waals surface area (Å²) in [6.07, 6.45) is 1.85. The molecule has 0 aliphatic carbocycles. The lowest BCUT2D eigenvalue weighted by molar-refractivity contribution is 0.771. The van der Waals surface area contributed by atoms with E-state index in [1.54, 1.807) is 10.7 Å². The Hall–Kier alpha value is -2.31. The smallest absolute Gasteiger partial charge is 0.223 e. The van der Waals surface area contributed by atoms with Crippen LogP contribution in [-0.4, -0.2) is 26.3 Å². The Morgan fingerprint density at radius 3 is 2.71 bits per heavy atom. The molecule has 0 aliphatic rings. The van der Waals surface area contributed by atoms with Crippen LogP contribution in [0.5, 0.6) is 0 Å². The summed E-state index contributed by atoms with van der Waals surface area (Å²) in [5.41, 5.74) is 5.62. The predicted molar refractivity (Wildman–Crippen MR) is 67.1 cm³/mol. The molecule has 17 heavy (non-hydrogen) atoms. The van der Waals surface area contributed by atoms with Gasteiger partial charge in [-0.1, -0.05) is 0 Å². The predicted octanol–water partition coefficient (Wildman–Crippen LogP) is 0.968. The second kappa shape index (κ2) is 4.69. The molecule has 0 aromatic carbocycles. The SMILES string of the molecule is CCNc1cc(Nc2ccn(C)n2)nc(N)n1. The molecule has 2 aromatic heterocycles. The van der Waals surface area contributed by atoms with Gasteiger partial charge in [-0.15, -0.1) is 0 Å². The molecule has 0 atom stereocenters. The van der Waals surface area contributed by atoms with Gasteiger partial charge in [-0.3, -0.25) is 4.68 Å². The molecule has 2 heterocycles. The van der Waals surface area contributed by atoms with E-state index in [1.807, 2.05) is 26.2 Å². The number of hydrogen-bond acceptors (Lipinski definition) is 6. The normalized spacial score (nSPS) is 10.2. The molecule has 0 unspecified atom stereocenters. The minimum Gasteiger partial charge on any atom is -0.370 e. The zero-order valence-corrected chi connectivity index (χ0v) is 9.81. The summed E-state index contributed by atoms with van der Waals surface area (Å²) < 4.78 is 1.71. The third kappa shape index (κ3) is 2.83. The van der Waals surface area contributed by atoms with E-state index in [9.17, 15) is 0 Å². The summed E-state index contributed by atoms with van der Waals surface area (Å²) in [5.74, 6) is 2.25. The highest BCUT2D eigenvalue weighted by molar-refractivity contribution is 5.57. The number of nitrogens with zero attached hydrogens (tertiary/aromatic N) is 4. The summed E-state index contributed by atoms with van der Waals surface area (Å²) in [6.45, 7) is 2.77. The maximum atomic E-state index is 5.62. The van der Waals surface area contributed by atoms with Crippen LogP contribution in [0, 0.1) is 0 Å². The van der Waals surface area contributed by atoms with Crippen LogP contribution in [0.1, 0.15) is 6.92 Å². The average molecular weight is 233 g/mol. The molecule has 0 aliphatic heterocycles. The van der Waals surface area contributed by atoms with Crippen LogP contribution < -0.4 is 16.4 Å². The van der Waals surface area contributed by atoms with Gasteiger partial charge in [-0.25, -0.2) is 0 Å². The quantitative estimate of drug-likeness (QED) is 0.728. The highest BCUT2D eigenvalue weighted by Crippen LogP contribution is 2.16.